The van der Waals surface area contributed by atoms with Gasteiger partial charge in [-0.15, -0.1) is 12.4 Å². The number of sulfone groups is 1. The molecule has 1 aliphatic rings. The van der Waals surface area contributed by atoms with Gasteiger partial charge in [0.15, 0.2) is 5.37 Å². The van der Waals surface area contributed by atoms with Gasteiger partial charge < -0.3 is 11.1 Å². The quantitative estimate of drug-likeness (QED) is 0.714. The van der Waals surface area contributed by atoms with E-state index in [4.69, 9.17) is 5.73 Å². The molecule has 0 aliphatic carbocycles. The lowest BCUT2D eigenvalue weighted by Crippen LogP contribution is -2.69. The van der Waals surface area contributed by atoms with E-state index in [-0.39, 0.29) is 17.3 Å². The number of β-lactam (4-membered cyclic amide) rings is 1. The molecule has 1 fully saturated rings. The molecule has 1 aliphatic heterocycles. The molecule has 0 radical (unpaired) electrons. The van der Waals surface area contributed by atoms with Crippen molar-refractivity contribution in [1.82, 2.24) is 5.32 Å². The summed E-state index contributed by atoms with van der Waals surface area (Å²) in [6, 6.07) is 6.96. The molecule has 1 saturated heterocycles. The van der Waals surface area contributed by atoms with Crippen LogP contribution < -0.4 is 11.1 Å². The van der Waals surface area contributed by atoms with Crippen LogP contribution in [0.3, 0.4) is 0 Å². The molecule has 0 spiro atoms. The van der Waals surface area contributed by atoms with Crippen LogP contribution in [-0.4, -0.2) is 25.7 Å². The number of carbonyl (C=O) groups is 1. The fourth-order valence-electron chi connectivity index (χ4n) is 1.39. The second kappa shape index (κ2) is 4.40. The third kappa shape index (κ3) is 1.91. The summed E-state index contributed by atoms with van der Waals surface area (Å²) in [7, 11) is -3.54. The minimum atomic E-state index is -3.54. The molecule has 1 aromatic carbocycles. The van der Waals surface area contributed by atoms with Crippen molar-refractivity contribution in [1.29, 1.82) is 0 Å². The van der Waals surface area contributed by atoms with E-state index in [0.29, 0.717) is 0 Å². The molecular formula is C9H11ClN2O3S. The molecule has 0 aromatic heterocycles. The second-order valence-electron chi connectivity index (χ2n) is 3.31. The van der Waals surface area contributed by atoms with Gasteiger partial charge in [0, 0.05) is 0 Å². The summed E-state index contributed by atoms with van der Waals surface area (Å²) >= 11 is 0. The van der Waals surface area contributed by atoms with Crippen molar-refractivity contribution in [3.05, 3.63) is 30.3 Å². The smallest absolute Gasteiger partial charge is 0.241 e. The van der Waals surface area contributed by atoms with Crippen molar-refractivity contribution in [3.63, 3.8) is 0 Å². The van der Waals surface area contributed by atoms with Crippen LogP contribution in [0.5, 0.6) is 0 Å². The van der Waals surface area contributed by atoms with Crippen molar-refractivity contribution >= 4 is 28.2 Å². The Kier molecular flexibility index (Phi) is 3.57. The zero-order chi connectivity index (χ0) is 11.1. The highest BCUT2D eigenvalue weighted by atomic mass is 35.5. The number of hydrogen-bond donors (Lipinski definition) is 2. The van der Waals surface area contributed by atoms with Gasteiger partial charge in [-0.3, -0.25) is 4.79 Å². The first-order valence-electron chi connectivity index (χ1n) is 4.38. The van der Waals surface area contributed by atoms with Gasteiger partial charge in [-0.1, -0.05) is 18.2 Å². The fraction of sp³-hybridized carbons (Fsp3) is 0.222. The number of nitrogens with two attached hydrogens (primary N) is 1. The summed E-state index contributed by atoms with van der Waals surface area (Å²) < 4.78 is 23.8. The molecule has 1 heterocycles. The standard InChI is InChI=1S/C9H10N2O3S.ClH/c10-7-8(12)11-9(7)15(13,14)6-4-2-1-3-5-6;/h1-5,7,9H,10H2,(H,11,12);1H. The van der Waals surface area contributed by atoms with E-state index in [1.807, 2.05) is 0 Å². The molecule has 16 heavy (non-hydrogen) atoms. The summed E-state index contributed by atoms with van der Waals surface area (Å²) in [6.07, 6.45) is 0. The van der Waals surface area contributed by atoms with Crippen LogP contribution in [0.4, 0.5) is 0 Å². The van der Waals surface area contributed by atoms with Gasteiger partial charge in [-0.25, -0.2) is 8.42 Å². The first-order valence-corrected chi connectivity index (χ1v) is 5.93. The molecule has 2 rings (SSSR count). The van der Waals surface area contributed by atoms with E-state index in [1.165, 1.54) is 12.1 Å². The Hall–Kier alpha value is -1.11. The molecule has 2 unspecified atom stereocenters. The van der Waals surface area contributed by atoms with Gasteiger partial charge in [0.2, 0.25) is 15.7 Å². The van der Waals surface area contributed by atoms with E-state index in [0.717, 1.165) is 0 Å². The first kappa shape index (κ1) is 13.0. The topological polar surface area (TPSA) is 89.3 Å². The maximum Gasteiger partial charge on any atom is 0.241 e. The Bertz CT molecular complexity index is 489. The summed E-state index contributed by atoms with van der Waals surface area (Å²) in [6.45, 7) is 0. The van der Waals surface area contributed by atoms with Crippen molar-refractivity contribution in [3.8, 4) is 0 Å². The third-order valence-corrected chi connectivity index (χ3v) is 4.33. The van der Waals surface area contributed by atoms with Crippen LogP contribution in [0.2, 0.25) is 0 Å². The summed E-state index contributed by atoms with van der Waals surface area (Å²) in [5.74, 6) is -0.431. The molecule has 3 N–H and O–H groups in total. The number of nitrogens with one attached hydrogen (secondary N) is 1. The lowest BCUT2D eigenvalue weighted by atomic mass is 10.2. The molecule has 0 bridgehead atoms. The van der Waals surface area contributed by atoms with E-state index >= 15 is 0 Å². The van der Waals surface area contributed by atoms with E-state index in [1.54, 1.807) is 18.2 Å². The first-order chi connectivity index (χ1) is 7.03. The van der Waals surface area contributed by atoms with E-state index in [2.05, 4.69) is 5.32 Å². The molecule has 1 aromatic rings. The highest BCUT2D eigenvalue weighted by molar-refractivity contribution is 7.92. The van der Waals surface area contributed by atoms with Gasteiger partial charge in [0.05, 0.1) is 4.90 Å². The number of carbonyl (C=O) groups excluding carboxylic acids is 1. The molecule has 88 valence electrons. The average Bonchev–Trinajstić information content (AvgIpc) is 2.26. The van der Waals surface area contributed by atoms with Crippen molar-refractivity contribution in [2.75, 3.05) is 0 Å². The Morgan fingerprint density at radius 1 is 1.19 bits per heavy atom. The fourth-order valence-corrected chi connectivity index (χ4v) is 3.01. The molecule has 5 nitrogen and oxygen atoms in total. The summed E-state index contributed by atoms with van der Waals surface area (Å²) in [4.78, 5) is 11.0. The molecule has 7 heteroatoms. The zero-order valence-electron chi connectivity index (χ0n) is 8.16. The normalized spacial score (nSPS) is 23.9. The maximum absolute atomic E-state index is 11.9. The van der Waals surface area contributed by atoms with Crippen LogP contribution in [0, 0.1) is 0 Å². The monoisotopic (exact) mass is 262 g/mol. The Morgan fingerprint density at radius 2 is 1.75 bits per heavy atom. The minimum absolute atomic E-state index is 0. The van der Waals surface area contributed by atoms with Crippen LogP contribution in [-0.2, 0) is 14.6 Å². The number of halogens is 1. The second-order valence-corrected chi connectivity index (χ2v) is 5.38. The highest BCUT2D eigenvalue weighted by Crippen LogP contribution is 2.20. The van der Waals surface area contributed by atoms with Gasteiger partial charge >= 0.3 is 0 Å². The SMILES string of the molecule is Cl.NC1C(=O)NC1S(=O)(=O)c1ccccc1. The average molecular weight is 263 g/mol. The van der Waals surface area contributed by atoms with Crippen molar-refractivity contribution in [2.45, 2.75) is 16.3 Å². The van der Waals surface area contributed by atoms with Crippen molar-refractivity contribution in [2.24, 2.45) is 5.73 Å². The lowest BCUT2D eigenvalue weighted by molar-refractivity contribution is -0.128. The Labute approximate surface area is 99.4 Å². The molecular weight excluding hydrogens is 252 g/mol. The lowest BCUT2D eigenvalue weighted by Gasteiger charge is -2.33. The zero-order valence-corrected chi connectivity index (χ0v) is 9.79. The Balaban J connectivity index is 0.00000128. The van der Waals surface area contributed by atoms with Crippen molar-refractivity contribution < 1.29 is 13.2 Å². The van der Waals surface area contributed by atoms with Crippen LogP contribution in [0.15, 0.2) is 35.2 Å². The minimum Gasteiger partial charge on any atom is -0.336 e. The largest absolute Gasteiger partial charge is 0.336 e. The van der Waals surface area contributed by atoms with E-state index in [9.17, 15) is 13.2 Å². The Morgan fingerprint density at radius 3 is 2.19 bits per heavy atom. The number of hydrogen-bond acceptors (Lipinski definition) is 4. The predicted molar refractivity (Wildman–Crippen MR) is 60.8 cm³/mol. The third-order valence-electron chi connectivity index (χ3n) is 2.32. The van der Waals surface area contributed by atoms with Crippen LogP contribution in [0.1, 0.15) is 0 Å². The van der Waals surface area contributed by atoms with Gasteiger partial charge in [-0.05, 0) is 12.1 Å². The summed E-state index contributed by atoms with van der Waals surface area (Å²) in [5, 5.41) is 1.29. The van der Waals surface area contributed by atoms with Crippen LogP contribution >= 0.6 is 12.4 Å². The molecule has 2 atom stereocenters. The van der Waals surface area contributed by atoms with Crippen LogP contribution in [0.25, 0.3) is 0 Å². The van der Waals surface area contributed by atoms with Gasteiger partial charge in [0.1, 0.15) is 6.04 Å². The maximum atomic E-state index is 11.9. The number of benzene rings is 1. The van der Waals surface area contributed by atoms with E-state index < -0.39 is 27.2 Å². The van der Waals surface area contributed by atoms with Gasteiger partial charge in [-0.2, -0.15) is 0 Å². The molecule has 1 amide bonds. The predicted octanol–water partition coefficient (Wildman–Crippen LogP) is -0.335. The number of rotatable bonds is 2. The highest BCUT2D eigenvalue weighted by Gasteiger charge is 2.45. The number of amides is 1. The van der Waals surface area contributed by atoms with Gasteiger partial charge in [0.25, 0.3) is 0 Å². The molecule has 0 saturated carbocycles. The summed E-state index contributed by atoms with van der Waals surface area (Å²) in [5.41, 5.74) is 5.40.